The number of halogens is 1. The van der Waals surface area contributed by atoms with Gasteiger partial charge in [0, 0.05) is 31.0 Å². The third kappa shape index (κ3) is 4.19. The van der Waals surface area contributed by atoms with Crippen molar-refractivity contribution in [3.05, 3.63) is 0 Å². The van der Waals surface area contributed by atoms with E-state index in [9.17, 15) is 10.2 Å². The van der Waals surface area contributed by atoms with Gasteiger partial charge in [-0.2, -0.15) is 0 Å². The first-order chi connectivity index (χ1) is 16.3. The number of morpholine rings is 1. The van der Waals surface area contributed by atoms with Crippen molar-refractivity contribution in [3.8, 4) is 0 Å². The van der Waals surface area contributed by atoms with E-state index in [1.54, 1.807) is 0 Å². The van der Waals surface area contributed by atoms with Gasteiger partial charge < -0.3 is 36.4 Å². The first-order valence-electron chi connectivity index (χ1n) is 14.8. The molecule has 0 aromatic carbocycles. The Bertz CT molecular complexity index is 756. The molecular formula is C29H51BrN2O3. The van der Waals surface area contributed by atoms with Crippen molar-refractivity contribution in [3.63, 3.8) is 0 Å². The van der Waals surface area contributed by atoms with Crippen molar-refractivity contribution in [2.24, 2.45) is 34.5 Å². The fourth-order valence-electron chi connectivity index (χ4n) is 10.7. The molecule has 0 bridgehead atoms. The van der Waals surface area contributed by atoms with Crippen LogP contribution in [0.5, 0.6) is 0 Å². The molecule has 4 aliphatic carbocycles. The molecule has 6 rings (SSSR count). The number of nitrogens with zero attached hydrogens (tertiary/aromatic N) is 2. The number of quaternary nitrogens is 1. The second-order valence-electron chi connectivity index (χ2n) is 14.2. The average Bonchev–Trinajstić information content (AvgIpc) is 3.12. The summed E-state index contributed by atoms with van der Waals surface area (Å²) in [4.78, 5) is 2.54. The molecule has 2 saturated heterocycles. The molecule has 0 radical (unpaired) electrons. The van der Waals surface area contributed by atoms with Gasteiger partial charge in [-0.05, 0) is 86.9 Å². The largest absolute Gasteiger partial charge is 1.00 e. The lowest BCUT2D eigenvalue weighted by molar-refractivity contribution is -0.940. The summed E-state index contributed by atoms with van der Waals surface area (Å²) >= 11 is 0. The Morgan fingerprint density at radius 2 is 1.60 bits per heavy atom. The summed E-state index contributed by atoms with van der Waals surface area (Å²) in [6.07, 6.45) is 12.2. The van der Waals surface area contributed by atoms with E-state index in [4.69, 9.17) is 4.74 Å². The molecule has 0 aromatic heterocycles. The van der Waals surface area contributed by atoms with Crippen molar-refractivity contribution in [1.82, 2.24) is 4.90 Å². The Labute approximate surface area is 224 Å². The highest BCUT2D eigenvalue weighted by molar-refractivity contribution is 5.13. The number of rotatable bonds is 2. The number of hydrogen-bond donors (Lipinski definition) is 2. The zero-order valence-electron chi connectivity index (χ0n) is 22.5. The number of likely N-dealkylation sites (tertiary alicyclic amines) is 1. The van der Waals surface area contributed by atoms with Crippen LogP contribution in [0.2, 0.25) is 0 Å². The minimum Gasteiger partial charge on any atom is -1.00 e. The smallest absolute Gasteiger partial charge is 0.116 e. The average molecular weight is 556 g/mol. The maximum atomic E-state index is 11.8. The van der Waals surface area contributed by atoms with Gasteiger partial charge in [0.2, 0.25) is 0 Å². The van der Waals surface area contributed by atoms with E-state index >= 15 is 0 Å². The molecule has 0 spiro atoms. The van der Waals surface area contributed by atoms with Crippen LogP contribution in [0.1, 0.15) is 78.1 Å². The van der Waals surface area contributed by atoms with Crippen molar-refractivity contribution < 1.29 is 36.4 Å². The Balaban J connectivity index is 0.00000253. The first-order valence-corrected chi connectivity index (χ1v) is 14.8. The van der Waals surface area contributed by atoms with E-state index in [1.165, 1.54) is 64.5 Å². The second-order valence-corrected chi connectivity index (χ2v) is 14.2. The standard InChI is InChI=1S/C29H51N2O3.BrH/c1-28-10-9-22-21(23(28)18-25(27(28)33)31(3)13-5-4-6-14-31)8-7-20-17-26(32)24(19-29(20,22)2)30-11-15-34-16-12-30;/h20-27,32-33H,4-19H2,1-3H3;1H/q+1;/p-1/t20?,21-,22-,23+,24?,25?,26?,27?,28+,29+;/m1./s1. The van der Waals surface area contributed by atoms with Crippen LogP contribution < -0.4 is 17.0 Å². The summed E-state index contributed by atoms with van der Waals surface area (Å²) in [7, 11) is 2.46. The molecule has 202 valence electrons. The van der Waals surface area contributed by atoms with Gasteiger partial charge in [-0.3, -0.25) is 4.90 Å². The lowest BCUT2D eigenvalue weighted by Crippen LogP contribution is -3.00. The zero-order chi connectivity index (χ0) is 23.7. The van der Waals surface area contributed by atoms with Crippen molar-refractivity contribution in [1.29, 1.82) is 0 Å². The maximum Gasteiger partial charge on any atom is 0.116 e. The number of hydrogen-bond acceptors (Lipinski definition) is 4. The molecule has 2 aliphatic heterocycles. The molecular weight excluding hydrogens is 504 g/mol. The Morgan fingerprint density at radius 3 is 2.31 bits per heavy atom. The van der Waals surface area contributed by atoms with Gasteiger partial charge in [-0.25, -0.2) is 0 Å². The van der Waals surface area contributed by atoms with Gasteiger partial charge in [0.15, 0.2) is 0 Å². The van der Waals surface area contributed by atoms with Crippen LogP contribution in [0.15, 0.2) is 0 Å². The zero-order valence-corrected chi connectivity index (χ0v) is 24.1. The van der Waals surface area contributed by atoms with Gasteiger partial charge in [0.05, 0.1) is 39.5 Å². The van der Waals surface area contributed by atoms with Gasteiger partial charge in [0.1, 0.15) is 12.1 Å². The molecule has 5 nitrogen and oxygen atoms in total. The highest BCUT2D eigenvalue weighted by Crippen LogP contribution is 2.67. The Morgan fingerprint density at radius 1 is 0.886 bits per heavy atom. The number of fused-ring (bicyclic) bond motifs is 5. The Kier molecular flexibility index (Phi) is 7.51. The fourth-order valence-corrected chi connectivity index (χ4v) is 10.7. The predicted molar refractivity (Wildman–Crippen MR) is 134 cm³/mol. The summed E-state index contributed by atoms with van der Waals surface area (Å²) in [6, 6.07) is 0.741. The molecule has 5 unspecified atom stereocenters. The van der Waals surface area contributed by atoms with E-state index in [0.29, 0.717) is 29.3 Å². The number of aliphatic hydroxyl groups excluding tert-OH is 2. The van der Waals surface area contributed by atoms with Crippen LogP contribution in [-0.4, -0.2) is 90.3 Å². The number of ether oxygens (including phenoxy) is 1. The van der Waals surface area contributed by atoms with Gasteiger partial charge >= 0.3 is 0 Å². The molecule has 6 aliphatic rings. The number of aliphatic hydroxyl groups is 2. The van der Waals surface area contributed by atoms with E-state index < -0.39 is 0 Å². The molecule has 4 saturated carbocycles. The quantitative estimate of drug-likeness (QED) is 0.493. The molecule has 6 heteroatoms. The minimum atomic E-state index is -0.178. The summed E-state index contributed by atoms with van der Waals surface area (Å²) in [5, 5.41) is 23.0. The molecule has 2 N–H and O–H groups in total. The normalized spacial score (nSPS) is 52.0. The molecule has 10 atom stereocenters. The molecule has 2 heterocycles. The van der Waals surface area contributed by atoms with E-state index in [2.05, 4.69) is 25.8 Å². The van der Waals surface area contributed by atoms with Crippen LogP contribution in [0.4, 0.5) is 0 Å². The van der Waals surface area contributed by atoms with Crippen LogP contribution in [-0.2, 0) is 4.74 Å². The lowest BCUT2D eigenvalue weighted by atomic mass is 9.44. The van der Waals surface area contributed by atoms with Gasteiger partial charge in [-0.1, -0.05) is 13.8 Å². The summed E-state index contributed by atoms with van der Waals surface area (Å²) in [5.41, 5.74) is 0.435. The van der Waals surface area contributed by atoms with Crippen molar-refractivity contribution in [2.75, 3.05) is 46.4 Å². The lowest BCUT2D eigenvalue weighted by Gasteiger charge is -2.62. The first kappa shape index (κ1) is 26.9. The predicted octanol–water partition coefficient (Wildman–Crippen LogP) is 0.675. The summed E-state index contributed by atoms with van der Waals surface area (Å²) in [5.74, 6) is 2.86. The number of likely N-dealkylation sites (N-methyl/N-ethyl adjacent to an activating group) is 1. The molecule has 6 fully saturated rings. The molecule has 35 heavy (non-hydrogen) atoms. The SMILES string of the molecule is C[C@]12CC(N3CCOCC3)C(O)CC1CC[C@@H]1[C@H]2CC[C@]2(C)C(O)C([N+]3(C)CCCCC3)C[C@@H]12.[Br-]. The van der Waals surface area contributed by atoms with Crippen LogP contribution in [0, 0.1) is 34.5 Å². The highest BCUT2D eigenvalue weighted by atomic mass is 79.9. The minimum absolute atomic E-state index is 0. The topological polar surface area (TPSA) is 52.9 Å². The second kappa shape index (κ2) is 9.79. The van der Waals surface area contributed by atoms with E-state index in [-0.39, 0.29) is 34.6 Å². The van der Waals surface area contributed by atoms with Crippen LogP contribution >= 0.6 is 0 Å². The van der Waals surface area contributed by atoms with Crippen LogP contribution in [0.3, 0.4) is 0 Å². The summed E-state index contributed by atoms with van der Waals surface area (Å²) < 4.78 is 6.75. The van der Waals surface area contributed by atoms with Crippen molar-refractivity contribution >= 4 is 0 Å². The van der Waals surface area contributed by atoms with Crippen LogP contribution in [0.25, 0.3) is 0 Å². The van der Waals surface area contributed by atoms with Gasteiger partial charge in [0.25, 0.3) is 0 Å². The Hall–Kier alpha value is 0.280. The molecule has 0 aromatic rings. The van der Waals surface area contributed by atoms with E-state index in [0.717, 1.165) is 55.5 Å². The monoisotopic (exact) mass is 554 g/mol. The molecule has 0 amide bonds. The van der Waals surface area contributed by atoms with Crippen molar-refractivity contribution in [2.45, 2.75) is 102 Å². The van der Waals surface area contributed by atoms with E-state index in [1.807, 2.05) is 0 Å². The summed E-state index contributed by atoms with van der Waals surface area (Å²) in [6.45, 7) is 11.2. The van der Waals surface area contributed by atoms with Gasteiger partial charge in [-0.15, -0.1) is 0 Å². The third-order valence-corrected chi connectivity index (χ3v) is 12.8. The maximum absolute atomic E-state index is 11.8. The fraction of sp³-hybridized carbons (Fsp3) is 1.00. The number of piperidine rings is 1. The third-order valence-electron chi connectivity index (χ3n) is 12.8. The highest BCUT2D eigenvalue weighted by Gasteiger charge is 2.65.